The molecule has 1 amide bonds. The first-order chi connectivity index (χ1) is 7.74. The molecule has 0 saturated heterocycles. The molecule has 4 heteroatoms. The summed E-state index contributed by atoms with van der Waals surface area (Å²) in [7, 11) is 1.59. The summed E-state index contributed by atoms with van der Waals surface area (Å²) in [6.07, 6.45) is 6.40. The minimum absolute atomic E-state index is 0.00708. The molecule has 0 unspecified atom stereocenters. The number of hydrogen-bond acceptors (Lipinski definition) is 3. The third-order valence-electron chi connectivity index (χ3n) is 1.98. The second-order valence-electron chi connectivity index (χ2n) is 3.28. The summed E-state index contributed by atoms with van der Waals surface area (Å²) in [6.45, 7) is 2.16. The summed E-state index contributed by atoms with van der Waals surface area (Å²) >= 11 is 0. The minimum atomic E-state index is -0.00708. The van der Waals surface area contributed by atoms with Gasteiger partial charge < -0.3 is 10.1 Å². The Morgan fingerprint density at radius 2 is 2.44 bits per heavy atom. The first-order valence-corrected chi connectivity index (χ1v) is 5.14. The predicted octanol–water partition coefficient (Wildman–Crippen LogP) is 1.63. The molecule has 0 bridgehead atoms. The van der Waals surface area contributed by atoms with Gasteiger partial charge in [-0.2, -0.15) is 0 Å². The molecule has 1 heterocycles. The Morgan fingerprint density at radius 1 is 1.62 bits per heavy atom. The number of pyridine rings is 1. The van der Waals surface area contributed by atoms with Gasteiger partial charge in [-0.1, -0.05) is 12.2 Å². The Hall–Kier alpha value is -1.84. The van der Waals surface area contributed by atoms with Gasteiger partial charge in [0.25, 0.3) is 0 Å². The number of methoxy groups -OCH3 is 1. The molecule has 0 spiro atoms. The van der Waals surface area contributed by atoms with Crippen molar-refractivity contribution in [2.45, 2.75) is 13.3 Å². The van der Waals surface area contributed by atoms with E-state index in [1.807, 2.05) is 24.3 Å². The monoisotopic (exact) mass is 220 g/mol. The molecule has 1 aromatic rings. The molecular formula is C12H16N2O2. The number of amides is 1. The average Bonchev–Trinajstić information content (AvgIpc) is 2.29. The van der Waals surface area contributed by atoms with Crippen LogP contribution in [0.5, 0.6) is 5.88 Å². The largest absolute Gasteiger partial charge is 0.481 e. The molecule has 0 fully saturated rings. The van der Waals surface area contributed by atoms with Crippen LogP contribution in [0.15, 0.2) is 24.4 Å². The van der Waals surface area contributed by atoms with E-state index in [0.717, 1.165) is 12.0 Å². The van der Waals surface area contributed by atoms with Crippen LogP contribution in [0.2, 0.25) is 0 Å². The highest BCUT2D eigenvalue weighted by molar-refractivity contribution is 5.72. The molecule has 16 heavy (non-hydrogen) atoms. The summed E-state index contributed by atoms with van der Waals surface area (Å²) in [5.41, 5.74) is 0.938. The van der Waals surface area contributed by atoms with Gasteiger partial charge in [-0.05, 0) is 18.6 Å². The van der Waals surface area contributed by atoms with Gasteiger partial charge in [0, 0.05) is 25.2 Å². The van der Waals surface area contributed by atoms with E-state index in [0.29, 0.717) is 12.4 Å². The van der Waals surface area contributed by atoms with Gasteiger partial charge in [-0.15, -0.1) is 0 Å². The maximum absolute atomic E-state index is 10.6. The third-order valence-corrected chi connectivity index (χ3v) is 1.98. The molecule has 0 atom stereocenters. The fourth-order valence-electron chi connectivity index (χ4n) is 1.24. The van der Waals surface area contributed by atoms with Gasteiger partial charge in [-0.3, -0.25) is 4.79 Å². The normalized spacial score (nSPS) is 10.4. The Balaban J connectivity index is 2.46. The van der Waals surface area contributed by atoms with E-state index in [9.17, 15) is 4.79 Å². The van der Waals surface area contributed by atoms with Crippen LogP contribution in [0.4, 0.5) is 0 Å². The first kappa shape index (κ1) is 12.2. The van der Waals surface area contributed by atoms with Crippen LogP contribution in [0.1, 0.15) is 18.9 Å². The Kier molecular flexibility index (Phi) is 5.05. The number of nitrogens with zero attached hydrogens (tertiary/aromatic N) is 1. The second kappa shape index (κ2) is 6.61. The zero-order valence-corrected chi connectivity index (χ0v) is 9.56. The highest BCUT2D eigenvalue weighted by atomic mass is 16.5. The molecule has 0 aliphatic rings. The fraction of sp³-hybridized carbons (Fsp3) is 0.333. The molecule has 0 aliphatic heterocycles. The van der Waals surface area contributed by atoms with Crippen LogP contribution >= 0.6 is 0 Å². The lowest BCUT2D eigenvalue weighted by Gasteiger charge is -2.02. The van der Waals surface area contributed by atoms with E-state index in [1.54, 1.807) is 13.3 Å². The predicted molar refractivity (Wildman–Crippen MR) is 63.1 cm³/mol. The van der Waals surface area contributed by atoms with Crippen LogP contribution in [0, 0.1) is 0 Å². The highest BCUT2D eigenvalue weighted by Gasteiger charge is 1.97. The SMILES string of the molecule is COc1ncccc1C=CCCNC(C)=O. The van der Waals surface area contributed by atoms with Gasteiger partial charge in [0.2, 0.25) is 11.8 Å². The molecule has 0 aliphatic carbocycles. The van der Waals surface area contributed by atoms with Crippen molar-refractivity contribution in [3.05, 3.63) is 30.0 Å². The summed E-state index contributed by atoms with van der Waals surface area (Å²) in [6, 6.07) is 3.79. The number of carbonyl (C=O) groups excluding carboxylic acids is 1. The Labute approximate surface area is 95.3 Å². The zero-order valence-electron chi connectivity index (χ0n) is 9.56. The number of hydrogen-bond donors (Lipinski definition) is 1. The molecule has 0 saturated carbocycles. The van der Waals surface area contributed by atoms with Crippen LogP contribution < -0.4 is 10.1 Å². The number of carbonyl (C=O) groups is 1. The molecule has 1 rings (SSSR count). The van der Waals surface area contributed by atoms with E-state index in [4.69, 9.17) is 4.74 Å². The van der Waals surface area contributed by atoms with Crippen molar-refractivity contribution in [3.8, 4) is 5.88 Å². The molecular weight excluding hydrogens is 204 g/mol. The van der Waals surface area contributed by atoms with Crippen molar-refractivity contribution in [1.82, 2.24) is 10.3 Å². The smallest absolute Gasteiger partial charge is 0.220 e. The van der Waals surface area contributed by atoms with Gasteiger partial charge in [-0.25, -0.2) is 4.98 Å². The number of nitrogens with one attached hydrogen (secondary N) is 1. The van der Waals surface area contributed by atoms with Crippen molar-refractivity contribution in [1.29, 1.82) is 0 Å². The lowest BCUT2D eigenvalue weighted by Crippen LogP contribution is -2.20. The minimum Gasteiger partial charge on any atom is -0.481 e. The van der Waals surface area contributed by atoms with Crippen LogP contribution in [-0.4, -0.2) is 24.5 Å². The topological polar surface area (TPSA) is 51.2 Å². The van der Waals surface area contributed by atoms with E-state index < -0.39 is 0 Å². The van der Waals surface area contributed by atoms with Crippen molar-refractivity contribution in [2.75, 3.05) is 13.7 Å². The van der Waals surface area contributed by atoms with Crippen LogP contribution in [0.25, 0.3) is 6.08 Å². The fourth-order valence-corrected chi connectivity index (χ4v) is 1.24. The van der Waals surface area contributed by atoms with Gasteiger partial charge >= 0.3 is 0 Å². The van der Waals surface area contributed by atoms with E-state index in [1.165, 1.54) is 6.92 Å². The van der Waals surface area contributed by atoms with Crippen LogP contribution in [0.3, 0.4) is 0 Å². The Morgan fingerprint density at radius 3 is 3.12 bits per heavy atom. The lowest BCUT2D eigenvalue weighted by molar-refractivity contribution is -0.118. The maximum Gasteiger partial charge on any atom is 0.220 e. The number of aromatic nitrogens is 1. The Bertz CT molecular complexity index is 375. The lowest BCUT2D eigenvalue weighted by atomic mass is 10.2. The van der Waals surface area contributed by atoms with Crippen LogP contribution in [-0.2, 0) is 4.79 Å². The third kappa shape index (κ3) is 4.13. The van der Waals surface area contributed by atoms with Gasteiger partial charge in [0.05, 0.1) is 7.11 Å². The van der Waals surface area contributed by atoms with Crippen molar-refractivity contribution >= 4 is 12.0 Å². The quantitative estimate of drug-likeness (QED) is 0.767. The zero-order chi connectivity index (χ0) is 11.8. The molecule has 4 nitrogen and oxygen atoms in total. The van der Waals surface area contributed by atoms with Gasteiger partial charge in [0.1, 0.15) is 0 Å². The molecule has 1 N–H and O–H groups in total. The van der Waals surface area contributed by atoms with Crippen molar-refractivity contribution < 1.29 is 9.53 Å². The van der Waals surface area contributed by atoms with Gasteiger partial charge in [0.15, 0.2) is 0 Å². The molecule has 0 radical (unpaired) electrons. The summed E-state index contributed by atoms with van der Waals surface area (Å²) in [4.78, 5) is 14.7. The van der Waals surface area contributed by atoms with E-state index in [2.05, 4.69) is 10.3 Å². The highest BCUT2D eigenvalue weighted by Crippen LogP contribution is 2.15. The standard InChI is InChI=1S/C12H16N2O2/c1-10(15)13-8-4-3-6-11-7-5-9-14-12(11)16-2/h3,5-7,9H,4,8H2,1-2H3,(H,13,15). The average molecular weight is 220 g/mol. The van der Waals surface area contributed by atoms with E-state index in [-0.39, 0.29) is 5.91 Å². The number of rotatable bonds is 5. The summed E-state index contributed by atoms with van der Waals surface area (Å²) < 4.78 is 5.11. The van der Waals surface area contributed by atoms with Crippen molar-refractivity contribution in [3.63, 3.8) is 0 Å². The second-order valence-corrected chi connectivity index (χ2v) is 3.28. The summed E-state index contributed by atoms with van der Waals surface area (Å²) in [5, 5.41) is 2.72. The van der Waals surface area contributed by atoms with Crippen molar-refractivity contribution in [2.24, 2.45) is 0 Å². The molecule has 0 aromatic carbocycles. The maximum atomic E-state index is 10.6. The molecule has 1 aromatic heterocycles. The molecule has 86 valence electrons. The van der Waals surface area contributed by atoms with E-state index >= 15 is 0 Å². The first-order valence-electron chi connectivity index (χ1n) is 5.14. The summed E-state index contributed by atoms with van der Waals surface area (Å²) in [5.74, 6) is 0.602. The number of ether oxygens (including phenoxy) is 1.